The molecule has 18 heavy (non-hydrogen) atoms. The summed E-state index contributed by atoms with van der Waals surface area (Å²) in [5.74, 6) is 0. The molecule has 1 saturated heterocycles. The molecule has 2 rings (SSSR count). The minimum Gasteiger partial charge on any atom is -0.381 e. The van der Waals surface area contributed by atoms with Crippen LogP contribution in [0.25, 0.3) is 0 Å². The van der Waals surface area contributed by atoms with Crippen molar-refractivity contribution in [2.45, 2.75) is 31.6 Å². The van der Waals surface area contributed by atoms with Crippen molar-refractivity contribution in [2.75, 3.05) is 26.3 Å². The molecule has 100 valence electrons. The van der Waals surface area contributed by atoms with E-state index in [0.29, 0.717) is 0 Å². The summed E-state index contributed by atoms with van der Waals surface area (Å²) in [5.41, 5.74) is 1.70. The van der Waals surface area contributed by atoms with Gasteiger partial charge < -0.3 is 10.1 Å². The highest BCUT2D eigenvalue weighted by atomic mass is 79.9. The van der Waals surface area contributed by atoms with Crippen molar-refractivity contribution in [3.63, 3.8) is 0 Å². The Bertz CT molecular complexity index is 357. The van der Waals surface area contributed by atoms with Crippen LogP contribution >= 0.6 is 15.9 Å². The molecule has 1 fully saturated rings. The lowest BCUT2D eigenvalue weighted by atomic mass is 9.74. The Hall–Kier alpha value is -0.380. The molecule has 1 aromatic rings. The molecule has 0 spiro atoms. The Kier molecular flexibility index (Phi) is 5.22. The summed E-state index contributed by atoms with van der Waals surface area (Å²) in [6.07, 6.45) is 3.42. The molecule has 0 atom stereocenters. The molecule has 1 aliphatic heterocycles. The zero-order valence-electron chi connectivity index (χ0n) is 11.0. The Morgan fingerprint density at radius 1 is 1.22 bits per heavy atom. The van der Waals surface area contributed by atoms with Crippen molar-refractivity contribution in [3.05, 3.63) is 34.3 Å². The van der Waals surface area contributed by atoms with Gasteiger partial charge in [0.1, 0.15) is 0 Å². The van der Waals surface area contributed by atoms with E-state index in [1.165, 1.54) is 12.0 Å². The Balaban J connectivity index is 2.15. The maximum atomic E-state index is 5.54. The van der Waals surface area contributed by atoms with Gasteiger partial charge in [-0.15, -0.1) is 0 Å². The summed E-state index contributed by atoms with van der Waals surface area (Å²) in [5, 5.41) is 3.59. The van der Waals surface area contributed by atoms with E-state index in [2.05, 4.69) is 52.4 Å². The Morgan fingerprint density at radius 3 is 2.50 bits per heavy atom. The highest BCUT2D eigenvalue weighted by molar-refractivity contribution is 9.10. The maximum Gasteiger partial charge on any atom is 0.0475 e. The first kappa shape index (κ1) is 14.0. The third-order valence-corrected chi connectivity index (χ3v) is 4.33. The molecular formula is C15H22BrNO. The third-order valence-electron chi connectivity index (χ3n) is 3.80. The Morgan fingerprint density at radius 2 is 1.89 bits per heavy atom. The summed E-state index contributed by atoms with van der Waals surface area (Å²) in [7, 11) is 0. The molecule has 1 heterocycles. The van der Waals surface area contributed by atoms with Crippen LogP contribution in [0.4, 0.5) is 0 Å². The van der Waals surface area contributed by atoms with Crippen LogP contribution in [0, 0.1) is 0 Å². The lowest BCUT2D eigenvalue weighted by Crippen LogP contribution is -2.43. The molecule has 0 aliphatic carbocycles. The fourth-order valence-corrected chi connectivity index (χ4v) is 2.90. The molecule has 0 saturated carbocycles. The van der Waals surface area contributed by atoms with Gasteiger partial charge in [-0.25, -0.2) is 0 Å². The molecule has 0 unspecified atom stereocenters. The van der Waals surface area contributed by atoms with Gasteiger partial charge in [-0.05, 0) is 43.5 Å². The second-order valence-corrected chi connectivity index (χ2v) is 5.99. The smallest absolute Gasteiger partial charge is 0.0475 e. The zero-order valence-corrected chi connectivity index (χ0v) is 12.6. The summed E-state index contributed by atoms with van der Waals surface area (Å²) >= 11 is 3.51. The van der Waals surface area contributed by atoms with Crippen LogP contribution in [0.5, 0.6) is 0 Å². The van der Waals surface area contributed by atoms with Crippen molar-refractivity contribution in [1.29, 1.82) is 0 Å². The first-order chi connectivity index (χ1) is 8.77. The molecule has 1 aliphatic rings. The number of ether oxygens (including phenoxy) is 1. The fraction of sp³-hybridized carbons (Fsp3) is 0.600. The van der Waals surface area contributed by atoms with Gasteiger partial charge in [0, 0.05) is 29.6 Å². The minimum atomic E-state index is 0.258. The van der Waals surface area contributed by atoms with Crippen molar-refractivity contribution in [2.24, 2.45) is 0 Å². The number of hydrogen-bond donors (Lipinski definition) is 1. The van der Waals surface area contributed by atoms with E-state index in [4.69, 9.17) is 4.74 Å². The van der Waals surface area contributed by atoms with Gasteiger partial charge in [0.05, 0.1) is 0 Å². The number of nitrogens with one attached hydrogen (secondary N) is 1. The van der Waals surface area contributed by atoms with Gasteiger partial charge in [0.25, 0.3) is 0 Å². The summed E-state index contributed by atoms with van der Waals surface area (Å²) in [6.45, 7) is 6.13. The zero-order chi connectivity index (χ0) is 12.8. The van der Waals surface area contributed by atoms with Crippen molar-refractivity contribution in [3.8, 4) is 0 Å². The molecule has 3 heteroatoms. The van der Waals surface area contributed by atoms with Crippen molar-refractivity contribution in [1.82, 2.24) is 5.32 Å². The van der Waals surface area contributed by atoms with E-state index in [-0.39, 0.29) is 5.41 Å². The van der Waals surface area contributed by atoms with Crippen LogP contribution in [-0.4, -0.2) is 26.3 Å². The monoisotopic (exact) mass is 311 g/mol. The first-order valence-electron chi connectivity index (χ1n) is 6.81. The quantitative estimate of drug-likeness (QED) is 0.840. The van der Waals surface area contributed by atoms with Gasteiger partial charge >= 0.3 is 0 Å². The Labute approximate surface area is 118 Å². The first-order valence-corrected chi connectivity index (χ1v) is 7.61. The second-order valence-electron chi connectivity index (χ2n) is 5.08. The van der Waals surface area contributed by atoms with Crippen LogP contribution in [-0.2, 0) is 10.2 Å². The molecule has 1 N–H and O–H groups in total. The summed E-state index contributed by atoms with van der Waals surface area (Å²) in [6, 6.07) is 8.80. The van der Waals surface area contributed by atoms with E-state index in [1.54, 1.807) is 0 Å². The summed E-state index contributed by atoms with van der Waals surface area (Å²) < 4.78 is 6.69. The average molecular weight is 312 g/mol. The minimum absolute atomic E-state index is 0.258. The highest BCUT2D eigenvalue weighted by Gasteiger charge is 2.33. The second kappa shape index (κ2) is 6.69. The standard InChI is InChI=1S/C15H22BrNO/c1-2-9-17-12-15(7-10-18-11-8-15)13-3-5-14(16)6-4-13/h3-6,17H,2,7-12H2,1H3. The number of rotatable bonds is 5. The van der Waals surface area contributed by atoms with Crippen molar-refractivity contribution >= 4 is 15.9 Å². The molecule has 0 aromatic heterocycles. The lowest BCUT2D eigenvalue weighted by molar-refractivity contribution is 0.0499. The normalized spacial score (nSPS) is 18.8. The number of halogens is 1. The van der Waals surface area contributed by atoms with Gasteiger partial charge in [-0.3, -0.25) is 0 Å². The van der Waals surface area contributed by atoms with Crippen LogP contribution in [0.15, 0.2) is 28.7 Å². The topological polar surface area (TPSA) is 21.3 Å². The van der Waals surface area contributed by atoms with E-state index >= 15 is 0 Å². The SMILES string of the molecule is CCCNCC1(c2ccc(Br)cc2)CCOCC1. The number of benzene rings is 1. The van der Waals surface area contributed by atoms with E-state index < -0.39 is 0 Å². The van der Waals surface area contributed by atoms with Crippen molar-refractivity contribution < 1.29 is 4.74 Å². The maximum absolute atomic E-state index is 5.54. The van der Waals surface area contributed by atoms with Gasteiger partial charge in [0.2, 0.25) is 0 Å². The molecule has 0 bridgehead atoms. The largest absolute Gasteiger partial charge is 0.381 e. The predicted molar refractivity (Wildman–Crippen MR) is 79.0 cm³/mol. The molecule has 0 radical (unpaired) electrons. The van der Waals surface area contributed by atoms with Crippen LogP contribution < -0.4 is 5.32 Å². The van der Waals surface area contributed by atoms with Gasteiger partial charge in [0.15, 0.2) is 0 Å². The van der Waals surface area contributed by atoms with Crippen LogP contribution in [0.1, 0.15) is 31.7 Å². The fourth-order valence-electron chi connectivity index (χ4n) is 2.64. The van der Waals surface area contributed by atoms with Gasteiger partial charge in [-0.1, -0.05) is 35.0 Å². The third kappa shape index (κ3) is 3.34. The summed E-state index contributed by atoms with van der Waals surface area (Å²) in [4.78, 5) is 0. The predicted octanol–water partition coefficient (Wildman–Crippen LogP) is 3.50. The van der Waals surface area contributed by atoms with E-state index in [1.807, 2.05) is 0 Å². The van der Waals surface area contributed by atoms with E-state index in [9.17, 15) is 0 Å². The van der Waals surface area contributed by atoms with Crippen LogP contribution in [0.3, 0.4) is 0 Å². The molecule has 2 nitrogen and oxygen atoms in total. The molecular weight excluding hydrogens is 290 g/mol. The average Bonchev–Trinajstić information content (AvgIpc) is 2.41. The highest BCUT2D eigenvalue weighted by Crippen LogP contribution is 2.34. The molecule has 0 amide bonds. The lowest BCUT2D eigenvalue weighted by Gasteiger charge is -2.38. The number of hydrogen-bond acceptors (Lipinski definition) is 2. The van der Waals surface area contributed by atoms with Crippen LogP contribution in [0.2, 0.25) is 0 Å². The van der Waals surface area contributed by atoms with E-state index in [0.717, 1.165) is 43.6 Å². The molecule has 1 aromatic carbocycles. The van der Waals surface area contributed by atoms with Gasteiger partial charge in [-0.2, -0.15) is 0 Å².